The van der Waals surface area contributed by atoms with Crippen molar-refractivity contribution in [1.82, 2.24) is 5.32 Å². The third-order valence-corrected chi connectivity index (χ3v) is 4.35. The average Bonchev–Trinajstić information content (AvgIpc) is 2.49. The Morgan fingerprint density at radius 2 is 2.29 bits per heavy atom. The Hall–Kier alpha value is -0.640. The molecule has 1 heterocycles. The zero-order valence-electron chi connectivity index (χ0n) is 12.7. The molecule has 0 radical (unpaired) electrons. The number of hydrogen-bond donors (Lipinski definition) is 1. The molecule has 1 aliphatic rings. The molecule has 0 bridgehead atoms. The van der Waals surface area contributed by atoms with Crippen LogP contribution in [0.25, 0.3) is 0 Å². The molecule has 2 atom stereocenters. The standard InChI is InChI=1S/C17H25ClFNO/c1-2-8-20-15(12-16-5-3-4-9-21-16)11-13-10-14(19)6-7-17(13)18/h6-7,10,15-16,20H,2-5,8-9,11-12H2,1H3. The summed E-state index contributed by atoms with van der Waals surface area (Å²) in [5.74, 6) is -0.224. The van der Waals surface area contributed by atoms with E-state index in [2.05, 4.69) is 12.2 Å². The Kier molecular flexibility index (Phi) is 6.94. The molecule has 1 aromatic rings. The van der Waals surface area contributed by atoms with E-state index in [4.69, 9.17) is 16.3 Å². The van der Waals surface area contributed by atoms with Crippen LogP contribution in [0.5, 0.6) is 0 Å². The quantitative estimate of drug-likeness (QED) is 0.808. The number of ether oxygens (including phenoxy) is 1. The van der Waals surface area contributed by atoms with Crippen molar-refractivity contribution in [2.75, 3.05) is 13.2 Å². The maximum Gasteiger partial charge on any atom is 0.123 e. The first-order valence-corrected chi connectivity index (χ1v) is 8.35. The number of rotatable bonds is 7. The van der Waals surface area contributed by atoms with Gasteiger partial charge in [0.1, 0.15) is 5.82 Å². The van der Waals surface area contributed by atoms with E-state index in [1.165, 1.54) is 18.9 Å². The second-order valence-corrected chi connectivity index (χ2v) is 6.22. The molecular weight excluding hydrogens is 289 g/mol. The predicted molar refractivity (Wildman–Crippen MR) is 85.4 cm³/mol. The Morgan fingerprint density at radius 3 is 3.00 bits per heavy atom. The highest BCUT2D eigenvalue weighted by molar-refractivity contribution is 6.31. The van der Waals surface area contributed by atoms with Gasteiger partial charge < -0.3 is 10.1 Å². The minimum atomic E-state index is -0.224. The van der Waals surface area contributed by atoms with Crippen molar-refractivity contribution >= 4 is 11.6 Å². The van der Waals surface area contributed by atoms with Crippen molar-refractivity contribution in [3.63, 3.8) is 0 Å². The van der Waals surface area contributed by atoms with Crippen molar-refractivity contribution in [3.05, 3.63) is 34.6 Å². The number of hydrogen-bond acceptors (Lipinski definition) is 2. The van der Waals surface area contributed by atoms with Crippen molar-refractivity contribution in [2.24, 2.45) is 0 Å². The van der Waals surface area contributed by atoms with E-state index in [0.29, 0.717) is 11.1 Å². The smallest absolute Gasteiger partial charge is 0.123 e. The molecule has 4 heteroatoms. The molecule has 0 spiro atoms. The Morgan fingerprint density at radius 1 is 1.43 bits per heavy atom. The predicted octanol–water partition coefficient (Wildman–Crippen LogP) is 4.35. The van der Waals surface area contributed by atoms with Crippen LogP contribution in [-0.4, -0.2) is 25.3 Å². The van der Waals surface area contributed by atoms with Crippen LogP contribution in [0, 0.1) is 5.82 Å². The molecule has 2 unspecified atom stereocenters. The van der Waals surface area contributed by atoms with Crippen molar-refractivity contribution in [1.29, 1.82) is 0 Å². The molecular formula is C17H25ClFNO. The molecule has 118 valence electrons. The monoisotopic (exact) mass is 313 g/mol. The number of halogens is 2. The molecule has 21 heavy (non-hydrogen) atoms. The van der Waals surface area contributed by atoms with Gasteiger partial charge in [-0.15, -0.1) is 0 Å². The molecule has 0 saturated carbocycles. The SMILES string of the molecule is CCCNC(Cc1cc(F)ccc1Cl)CC1CCCCO1. The van der Waals surface area contributed by atoms with Gasteiger partial charge in [-0.3, -0.25) is 0 Å². The fourth-order valence-corrected chi connectivity index (χ4v) is 3.06. The molecule has 1 N–H and O–H groups in total. The van der Waals surface area contributed by atoms with Crippen molar-refractivity contribution in [2.45, 2.75) is 57.6 Å². The van der Waals surface area contributed by atoms with Gasteiger partial charge in [0.05, 0.1) is 6.10 Å². The summed E-state index contributed by atoms with van der Waals surface area (Å²) in [6.45, 7) is 3.98. The molecule has 0 aliphatic carbocycles. The van der Waals surface area contributed by atoms with E-state index in [1.54, 1.807) is 12.1 Å². The Bertz CT molecular complexity index is 435. The van der Waals surface area contributed by atoms with E-state index in [9.17, 15) is 4.39 Å². The molecule has 2 nitrogen and oxygen atoms in total. The maximum absolute atomic E-state index is 13.4. The van der Waals surface area contributed by atoms with Gasteiger partial charge in [0.15, 0.2) is 0 Å². The lowest BCUT2D eigenvalue weighted by Gasteiger charge is -2.28. The minimum Gasteiger partial charge on any atom is -0.378 e. The Balaban J connectivity index is 1.98. The van der Waals surface area contributed by atoms with E-state index >= 15 is 0 Å². The molecule has 0 aromatic heterocycles. The van der Waals surface area contributed by atoms with Crippen LogP contribution in [0.1, 0.15) is 44.6 Å². The van der Waals surface area contributed by atoms with E-state index in [1.807, 2.05) is 0 Å². The van der Waals surface area contributed by atoms with Gasteiger partial charge in [-0.1, -0.05) is 18.5 Å². The second-order valence-electron chi connectivity index (χ2n) is 5.82. The zero-order valence-corrected chi connectivity index (χ0v) is 13.5. The molecule has 0 amide bonds. The fraction of sp³-hybridized carbons (Fsp3) is 0.647. The average molecular weight is 314 g/mol. The van der Waals surface area contributed by atoms with Gasteiger partial charge in [-0.2, -0.15) is 0 Å². The Labute approximate surface area is 132 Å². The largest absolute Gasteiger partial charge is 0.378 e. The highest BCUT2D eigenvalue weighted by atomic mass is 35.5. The number of nitrogens with one attached hydrogen (secondary N) is 1. The summed E-state index contributed by atoms with van der Waals surface area (Å²) in [7, 11) is 0. The van der Waals surface area contributed by atoms with Crippen LogP contribution in [0.15, 0.2) is 18.2 Å². The molecule has 1 saturated heterocycles. The normalized spacial score (nSPS) is 20.4. The lowest BCUT2D eigenvalue weighted by atomic mass is 9.96. The summed E-state index contributed by atoms with van der Waals surface area (Å²) in [6, 6.07) is 4.88. The van der Waals surface area contributed by atoms with Gasteiger partial charge in [0.25, 0.3) is 0 Å². The lowest BCUT2D eigenvalue weighted by molar-refractivity contribution is 0.00526. The highest BCUT2D eigenvalue weighted by Crippen LogP contribution is 2.22. The first kappa shape index (κ1) is 16.7. The van der Waals surface area contributed by atoms with Crippen LogP contribution in [-0.2, 0) is 11.2 Å². The van der Waals surface area contributed by atoms with E-state index in [-0.39, 0.29) is 11.9 Å². The second kappa shape index (κ2) is 8.72. The van der Waals surface area contributed by atoms with Crippen LogP contribution in [0.3, 0.4) is 0 Å². The number of benzene rings is 1. The summed E-state index contributed by atoms with van der Waals surface area (Å²) in [6.07, 6.45) is 6.65. The van der Waals surface area contributed by atoms with E-state index in [0.717, 1.165) is 44.4 Å². The van der Waals surface area contributed by atoms with Crippen LogP contribution in [0.4, 0.5) is 4.39 Å². The van der Waals surface area contributed by atoms with Gasteiger partial charge in [0, 0.05) is 17.7 Å². The zero-order chi connectivity index (χ0) is 15.1. The van der Waals surface area contributed by atoms with Crippen molar-refractivity contribution in [3.8, 4) is 0 Å². The molecule has 1 aromatic carbocycles. The third kappa shape index (κ3) is 5.57. The summed E-state index contributed by atoms with van der Waals surface area (Å²) in [5, 5.41) is 4.19. The third-order valence-electron chi connectivity index (χ3n) is 3.98. The van der Waals surface area contributed by atoms with Gasteiger partial charge in [-0.05, 0) is 68.8 Å². The van der Waals surface area contributed by atoms with Crippen molar-refractivity contribution < 1.29 is 9.13 Å². The van der Waals surface area contributed by atoms with Crippen LogP contribution < -0.4 is 5.32 Å². The molecule has 2 rings (SSSR count). The topological polar surface area (TPSA) is 21.3 Å². The van der Waals surface area contributed by atoms with Crippen LogP contribution >= 0.6 is 11.6 Å². The summed E-state index contributed by atoms with van der Waals surface area (Å²) in [5.41, 5.74) is 0.876. The fourth-order valence-electron chi connectivity index (χ4n) is 2.86. The van der Waals surface area contributed by atoms with Gasteiger partial charge >= 0.3 is 0 Å². The van der Waals surface area contributed by atoms with Crippen LogP contribution in [0.2, 0.25) is 5.02 Å². The van der Waals surface area contributed by atoms with Gasteiger partial charge in [-0.25, -0.2) is 4.39 Å². The lowest BCUT2D eigenvalue weighted by Crippen LogP contribution is -2.37. The molecule has 1 fully saturated rings. The maximum atomic E-state index is 13.4. The van der Waals surface area contributed by atoms with E-state index < -0.39 is 0 Å². The first-order valence-electron chi connectivity index (χ1n) is 7.98. The first-order chi connectivity index (χ1) is 10.2. The highest BCUT2D eigenvalue weighted by Gasteiger charge is 2.20. The minimum absolute atomic E-state index is 0.224. The van der Waals surface area contributed by atoms with Gasteiger partial charge in [0.2, 0.25) is 0 Å². The molecule has 1 aliphatic heterocycles. The summed E-state index contributed by atoms with van der Waals surface area (Å²) in [4.78, 5) is 0. The summed E-state index contributed by atoms with van der Waals surface area (Å²) >= 11 is 6.19. The summed E-state index contributed by atoms with van der Waals surface area (Å²) < 4.78 is 19.2.